The highest BCUT2D eigenvalue weighted by molar-refractivity contribution is 5.89. The molecule has 2 rings (SSSR count). The summed E-state index contributed by atoms with van der Waals surface area (Å²) in [7, 11) is 1.56. The zero-order valence-electron chi connectivity index (χ0n) is 10.9. The van der Waals surface area contributed by atoms with Crippen LogP contribution in [0.2, 0.25) is 0 Å². The van der Waals surface area contributed by atoms with E-state index in [9.17, 15) is 9.18 Å². The first kappa shape index (κ1) is 13.9. The van der Waals surface area contributed by atoms with Crippen LogP contribution in [0, 0.1) is 5.82 Å². The van der Waals surface area contributed by atoms with Crippen molar-refractivity contribution in [3.63, 3.8) is 0 Å². The Morgan fingerprint density at radius 2 is 2.05 bits per heavy atom. The Labute approximate surface area is 115 Å². The van der Waals surface area contributed by atoms with Gasteiger partial charge in [0.05, 0.1) is 18.4 Å². The lowest BCUT2D eigenvalue weighted by Crippen LogP contribution is -2.06. The van der Waals surface area contributed by atoms with Crippen LogP contribution in [0.15, 0.2) is 42.5 Å². The smallest absolute Gasteiger partial charge is 0.338 e. The second kappa shape index (κ2) is 6.06. The van der Waals surface area contributed by atoms with Gasteiger partial charge in [0.15, 0.2) is 0 Å². The molecule has 2 aromatic rings. The van der Waals surface area contributed by atoms with Gasteiger partial charge in [-0.1, -0.05) is 12.1 Å². The normalized spacial score (nSPS) is 10.1. The predicted octanol–water partition coefficient (Wildman–Crippen LogP) is 2.77. The number of carbonyl (C=O) groups excluding carboxylic acids is 1. The van der Waals surface area contributed by atoms with Gasteiger partial charge in [0.1, 0.15) is 18.2 Å². The van der Waals surface area contributed by atoms with Gasteiger partial charge in [0.2, 0.25) is 0 Å². The number of halogens is 1. The molecule has 0 saturated carbocycles. The maximum absolute atomic E-state index is 13.3. The van der Waals surface area contributed by atoms with Crippen molar-refractivity contribution in [2.75, 3.05) is 12.8 Å². The summed E-state index contributed by atoms with van der Waals surface area (Å²) in [6.45, 7) is 0.0853. The maximum Gasteiger partial charge on any atom is 0.338 e. The van der Waals surface area contributed by atoms with E-state index < -0.39 is 11.8 Å². The average molecular weight is 275 g/mol. The van der Waals surface area contributed by atoms with Crippen LogP contribution in [-0.4, -0.2) is 13.1 Å². The van der Waals surface area contributed by atoms with E-state index in [1.807, 2.05) is 0 Å². The van der Waals surface area contributed by atoms with E-state index in [0.29, 0.717) is 5.75 Å². The zero-order chi connectivity index (χ0) is 14.5. The van der Waals surface area contributed by atoms with Gasteiger partial charge in [-0.25, -0.2) is 9.18 Å². The first-order valence-corrected chi connectivity index (χ1v) is 5.95. The second-order valence-corrected chi connectivity index (χ2v) is 4.16. The highest BCUT2D eigenvalue weighted by atomic mass is 19.1. The van der Waals surface area contributed by atoms with E-state index in [1.165, 1.54) is 12.1 Å². The Morgan fingerprint density at radius 3 is 2.75 bits per heavy atom. The Hall–Kier alpha value is -2.56. The van der Waals surface area contributed by atoms with Crippen LogP contribution < -0.4 is 10.5 Å². The fourth-order valence-electron chi connectivity index (χ4n) is 1.65. The third kappa shape index (κ3) is 3.26. The SMILES string of the molecule is COc1cccc(COC(=O)c2ccc(N)c(F)c2)c1. The van der Waals surface area contributed by atoms with Crippen molar-refractivity contribution >= 4 is 11.7 Å². The molecule has 0 fully saturated rings. The Kier molecular flexibility index (Phi) is 4.20. The highest BCUT2D eigenvalue weighted by Crippen LogP contribution is 2.16. The Bertz CT molecular complexity index is 628. The number of benzene rings is 2. The molecule has 0 radical (unpaired) electrons. The first-order chi connectivity index (χ1) is 9.60. The van der Waals surface area contributed by atoms with Gasteiger partial charge in [0.25, 0.3) is 0 Å². The number of ether oxygens (including phenoxy) is 2. The van der Waals surface area contributed by atoms with Crippen LogP contribution in [0.4, 0.5) is 10.1 Å². The molecule has 104 valence electrons. The minimum atomic E-state index is -0.638. The van der Waals surface area contributed by atoms with Crippen LogP contribution >= 0.6 is 0 Å². The lowest BCUT2D eigenvalue weighted by Gasteiger charge is -2.07. The third-order valence-electron chi connectivity index (χ3n) is 2.74. The summed E-state index contributed by atoms with van der Waals surface area (Å²) in [5.41, 5.74) is 6.25. The second-order valence-electron chi connectivity index (χ2n) is 4.16. The number of methoxy groups -OCH3 is 1. The largest absolute Gasteiger partial charge is 0.497 e. The summed E-state index contributed by atoms with van der Waals surface area (Å²) in [6, 6.07) is 11.0. The summed E-state index contributed by atoms with van der Waals surface area (Å²) in [5, 5.41) is 0. The summed E-state index contributed by atoms with van der Waals surface area (Å²) in [6.07, 6.45) is 0. The highest BCUT2D eigenvalue weighted by Gasteiger charge is 2.10. The average Bonchev–Trinajstić information content (AvgIpc) is 2.47. The summed E-state index contributed by atoms with van der Waals surface area (Å²) in [5.74, 6) is -0.565. The van der Waals surface area contributed by atoms with Gasteiger partial charge in [-0.3, -0.25) is 0 Å². The van der Waals surface area contributed by atoms with Gasteiger partial charge < -0.3 is 15.2 Å². The van der Waals surface area contributed by atoms with Crippen molar-refractivity contribution in [3.8, 4) is 5.75 Å². The van der Waals surface area contributed by atoms with Crippen molar-refractivity contribution in [2.24, 2.45) is 0 Å². The van der Waals surface area contributed by atoms with Crippen LogP contribution in [0.3, 0.4) is 0 Å². The molecule has 0 aromatic heterocycles. The minimum absolute atomic E-state index is 0.00524. The summed E-state index contributed by atoms with van der Waals surface area (Å²) in [4.78, 5) is 11.8. The molecule has 2 aromatic carbocycles. The first-order valence-electron chi connectivity index (χ1n) is 5.95. The quantitative estimate of drug-likeness (QED) is 0.688. The molecule has 0 unspecified atom stereocenters. The number of esters is 1. The molecule has 5 heteroatoms. The van der Waals surface area contributed by atoms with Crippen molar-refractivity contribution in [1.29, 1.82) is 0 Å². The fourth-order valence-corrected chi connectivity index (χ4v) is 1.65. The Balaban J connectivity index is 2.02. The van der Waals surface area contributed by atoms with Gasteiger partial charge >= 0.3 is 5.97 Å². The lowest BCUT2D eigenvalue weighted by molar-refractivity contribution is 0.0472. The molecular formula is C15H14FNO3. The number of rotatable bonds is 4. The van der Waals surface area contributed by atoms with Crippen molar-refractivity contribution in [1.82, 2.24) is 0 Å². The lowest BCUT2D eigenvalue weighted by atomic mass is 10.2. The van der Waals surface area contributed by atoms with E-state index >= 15 is 0 Å². The van der Waals surface area contributed by atoms with Crippen molar-refractivity contribution in [2.45, 2.75) is 6.61 Å². The number of nitrogen functional groups attached to an aromatic ring is 1. The van der Waals surface area contributed by atoms with Gasteiger partial charge in [-0.2, -0.15) is 0 Å². The van der Waals surface area contributed by atoms with Gasteiger partial charge in [-0.05, 0) is 35.9 Å². The van der Waals surface area contributed by atoms with Crippen LogP contribution in [0.25, 0.3) is 0 Å². The molecule has 4 nitrogen and oxygen atoms in total. The van der Waals surface area contributed by atoms with E-state index in [0.717, 1.165) is 11.6 Å². The third-order valence-corrected chi connectivity index (χ3v) is 2.74. The number of carbonyl (C=O) groups is 1. The summed E-state index contributed by atoms with van der Waals surface area (Å²) >= 11 is 0. The molecular weight excluding hydrogens is 261 g/mol. The molecule has 0 spiro atoms. The van der Waals surface area contributed by atoms with E-state index in [-0.39, 0.29) is 17.9 Å². The van der Waals surface area contributed by atoms with E-state index in [2.05, 4.69) is 0 Å². The minimum Gasteiger partial charge on any atom is -0.497 e. The molecule has 0 amide bonds. The predicted molar refractivity (Wildman–Crippen MR) is 72.9 cm³/mol. The van der Waals surface area contributed by atoms with Crippen LogP contribution in [0.5, 0.6) is 5.75 Å². The summed E-state index contributed by atoms with van der Waals surface area (Å²) < 4.78 is 23.4. The molecule has 20 heavy (non-hydrogen) atoms. The molecule has 2 N–H and O–H groups in total. The fraction of sp³-hybridized carbons (Fsp3) is 0.133. The van der Waals surface area contributed by atoms with E-state index in [1.54, 1.807) is 31.4 Å². The van der Waals surface area contributed by atoms with Crippen molar-refractivity contribution in [3.05, 3.63) is 59.4 Å². The molecule has 0 bridgehead atoms. The van der Waals surface area contributed by atoms with E-state index in [4.69, 9.17) is 15.2 Å². The molecule has 0 aliphatic rings. The molecule has 0 atom stereocenters. The number of anilines is 1. The monoisotopic (exact) mass is 275 g/mol. The maximum atomic E-state index is 13.3. The number of hydrogen-bond donors (Lipinski definition) is 1. The van der Waals surface area contributed by atoms with Gasteiger partial charge in [0, 0.05) is 0 Å². The zero-order valence-corrected chi connectivity index (χ0v) is 10.9. The number of nitrogens with two attached hydrogens (primary N) is 1. The molecule has 0 aliphatic carbocycles. The van der Waals surface area contributed by atoms with Gasteiger partial charge in [-0.15, -0.1) is 0 Å². The van der Waals surface area contributed by atoms with Crippen molar-refractivity contribution < 1.29 is 18.7 Å². The Morgan fingerprint density at radius 1 is 1.25 bits per heavy atom. The number of hydrogen-bond acceptors (Lipinski definition) is 4. The van der Waals surface area contributed by atoms with Crippen LogP contribution in [-0.2, 0) is 11.3 Å². The molecule has 0 saturated heterocycles. The van der Waals surface area contributed by atoms with Crippen LogP contribution in [0.1, 0.15) is 15.9 Å². The molecule has 0 heterocycles. The standard InChI is InChI=1S/C15H14FNO3/c1-19-12-4-2-3-10(7-12)9-20-15(18)11-5-6-14(17)13(16)8-11/h2-8H,9,17H2,1H3. The topological polar surface area (TPSA) is 61.5 Å². The molecule has 0 aliphatic heterocycles.